The second-order valence-electron chi connectivity index (χ2n) is 5.02. The molecule has 0 unspecified atom stereocenters. The van der Waals surface area contributed by atoms with Crippen molar-refractivity contribution in [2.24, 2.45) is 0 Å². The third-order valence-electron chi connectivity index (χ3n) is 3.76. The lowest BCUT2D eigenvalue weighted by molar-refractivity contribution is -0.115. The van der Waals surface area contributed by atoms with Crippen LogP contribution in [0.4, 0.5) is 11.4 Å². The highest BCUT2D eigenvalue weighted by molar-refractivity contribution is 7.93. The minimum absolute atomic E-state index is 0.115. The fourth-order valence-corrected chi connectivity index (χ4v) is 4.81. The molecule has 1 amide bonds. The zero-order chi connectivity index (χ0) is 13.5. The second kappa shape index (κ2) is 4.52. The maximum Gasteiger partial charge on any atom is 0.245 e. The Hall–Kier alpha value is -1.56. The molecule has 5 nitrogen and oxygen atoms in total. The summed E-state index contributed by atoms with van der Waals surface area (Å²) in [6.45, 7) is -0.115. The van der Waals surface area contributed by atoms with Crippen LogP contribution in [0.3, 0.4) is 0 Å². The minimum atomic E-state index is -3.44. The van der Waals surface area contributed by atoms with E-state index in [1.165, 1.54) is 4.31 Å². The number of para-hydroxylation sites is 2. The van der Waals surface area contributed by atoms with E-state index < -0.39 is 10.0 Å². The second-order valence-corrected chi connectivity index (χ2v) is 7.16. The number of carbonyl (C=O) groups excluding carboxylic acids is 1. The Bertz CT molecular complexity index is 606. The van der Waals surface area contributed by atoms with Gasteiger partial charge in [0.2, 0.25) is 15.9 Å². The zero-order valence-corrected chi connectivity index (χ0v) is 11.3. The van der Waals surface area contributed by atoms with Crippen molar-refractivity contribution in [2.75, 3.05) is 16.2 Å². The molecule has 1 heterocycles. The highest BCUT2D eigenvalue weighted by atomic mass is 32.2. The molecule has 19 heavy (non-hydrogen) atoms. The minimum Gasteiger partial charge on any atom is -0.323 e. The number of carbonyl (C=O) groups is 1. The van der Waals surface area contributed by atoms with Crippen molar-refractivity contribution >= 4 is 27.3 Å². The highest BCUT2D eigenvalue weighted by Crippen LogP contribution is 2.35. The quantitative estimate of drug-likeness (QED) is 0.897. The molecular weight excluding hydrogens is 264 g/mol. The van der Waals surface area contributed by atoms with E-state index in [9.17, 15) is 13.2 Å². The van der Waals surface area contributed by atoms with E-state index in [0.717, 1.165) is 12.8 Å². The Morgan fingerprint density at radius 3 is 2.58 bits per heavy atom. The number of anilines is 2. The summed E-state index contributed by atoms with van der Waals surface area (Å²) >= 11 is 0. The van der Waals surface area contributed by atoms with Crippen molar-refractivity contribution in [2.45, 2.75) is 30.9 Å². The van der Waals surface area contributed by atoms with Crippen molar-refractivity contribution < 1.29 is 13.2 Å². The van der Waals surface area contributed by atoms with Gasteiger partial charge in [-0.05, 0) is 25.0 Å². The molecule has 1 aliphatic carbocycles. The number of benzene rings is 1. The number of hydrogen-bond donors (Lipinski definition) is 1. The maximum atomic E-state index is 12.6. The summed E-state index contributed by atoms with van der Waals surface area (Å²) in [7, 11) is -3.44. The van der Waals surface area contributed by atoms with Crippen molar-refractivity contribution in [3.05, 3.63) is 24.3 Å². The number of sulfonamides is 1. The van der Waals surface area contributed by atoms with Crippen molar-refractivity contribution in [1.29, 1.82) is 0 Å². The van der Waals surface area contributed by atoms with Crippen LogP contribution in [0.5, 0.6) is 0 Å². The van der Waals surface area contributed by atoms with Gasteiger partial charge in [0.05, 0.1) is 16.6 Å². The molecule has 0 aromatic heterocycles. The average Bonchev–Trinajstić information content (AvgIpc) is 2.92. The monoisotopic (exact) mass is 280 g/mol. The predicted octanol–water partition coefficient (Wildman–Crippen LogP) is 1.72. The average molecular weight is 280 g/mol. The molecule has 1 aromatic rings. The van der Waals surface area contributed by atoms with E-state index in [1.807, 2.05) is 0 Å². The molecule has 3 rings (SSSR count). The molecule has 1 fully saturated rings. The van der Waals surface area contributed by atoms with Crippen LogP contribution in [0.1, 0.15) is 25.7 Å². The normalized spacial score (nSPS) is 20.2. The fraction of sp³-hybridized carbons (Fsp3) is 0.462. The van der Waals surface area contributed by atoms with E-state index in [2.05, 4.69) is 5.32 Å². The van der Waals surface area contributed by atoms with E-state index in [0.29, 0.717) is 24.2 Å². The van der Waals surface area contributed by atoms with Crippen LogP contribution in [0, 0.1) is 0 Å². The van der Waals surface area contributed by atoms with Crippen LogP contribution >= 0.6 is 0 Å². The molecule has 0 bridgehead atoms. The highest BCUT2D eigenvalue weighted by Gasteiger charge is 2.38. The lowest BCUT2D eigenvalue weighted by Crippen LogP contribution is -2.45. The topological polar surface area (TPSA) is 66.5 Å². The van der Waals surface area contributed by atoms with Gasteiger partial charge in [-0.25, -0.2) is 8.42 Å². The van der Waals surface area contributed by atoms with Gasteiger partial charge < -0.3 is 5.32 Å². The molecular formula is C13H16N2O3S. The third-order valence-corrected chi connectivity index (χ3v) is 6.02. The van der Waals surface area contributed by atoms with Crippen LogP contribution in [0.15, 0.2) is 24.3 Å². The lowest BCUT2D eigenvalue weighted by atomic mass is 10.2. The largest absolute Gasteiger partial charge is 0.323 e. The summed E-state index contributed by atoms with van der Waals surface area (Å²) in [6.07, 6.45) is 3.29. The van der Waals surface area contributed by atoms with Crippen LogP contribution in [0.25, 0.3) is 0 Å². The van der Waals surface area contributed by atoms with Gasteiger partial charge in [0, 0.05) is 0 Å². The molecule has 102 valence electrons. The summed E-state index contributed by atoms with van der Waals surface area (Å²) in [5.74, 6) is -0.278. The first-order valence-corrected chi connectivity index (χ1v) is 8.00. The Kier molecular flexibility index (Phi) is 2.97. The molecule has 0 atom stereocenters. The van der Waals surface area contributed by atoms with Crippen molar-refractivity contribution in [3.63, 3.8) is 0 Å². The van der Waals surface area contributed by atoms with Gasteiger partial charge in [-0.15, -0.1) is 0 Å². The number of amides is 1. The van der Waals surface area contributed by atoms with Gasteiger partial charge in [0.15, 0.2) is 0 Å². The Balaban J connectivity index is 2.03. The first-order chi connectivity index (χ1) is 9.09. The standard InChI is InChI=1S/C13H16N2O3S/c16-13-9-15(12-8-4-3-7-11(12)14-13)19(17,18)10-5-1-2-6-10/h3-4,7-8,10H,1-2,5-6,9H2,(H,14,16). The number of nitrogens with one attached hydrogen (secondary N) is 1. The van der Waals surface area contributed by atoms with Crippen LogP contribution < -0.4 is 9.62 Å². The van der Waals surface area contributed by atoms with Gasteiger partial charge in [0.25, 0.3) is 0 Å². The molecule has 0 radical (unpaired) electrons. The Labute approximate surface area is 112 Å². The molecule has 1 N–H and O–H groups in total. The van der Waals surface area contributed by atoms with Gasteiger partial charge in [-0.3, -0.25) is 9.10 Å². The van der Waals surface area contributed by atoms with E-state index in [-0.39, 0.29) is 17.7 Å². The first kappa shape index (κ1) is 12.5. The number of hydrogen-bond acceptors (Lipinski definition) is 3. The fourth-order valence-electron chi connectivity index (χ4n) is 2.80. The van der Waals surface area contributed by atoms with Gasteiger partial charge >= 0.3 is 0 Å². The Morgan fingerprint density at radius 2 is 1.84 bits per heavy atom. The van der Waals surface area contributed by atoms with Gasteiger partial charge in [0.1, 0.15) is 6.54 Å². The molecule has 1 aromatic carbocycles. The molecule has 1 aliphatic heterocycles. The lowest BCUT2D eigenvalue weighted by Gasteiger charge is -2.32. The first-order valence-electron chi connectivity index (χ1n) is 6.49. The smallest absolute Gasteiger partial charge is 0.245 e. The van der Waals surface area contributed by atoms with Crippen LogP contribution in [-0.4, -0.2) is 26.1 Å². The maximum absolute atomic E-state index is 12.6. The van der Waals surface area contributed by atoms with E-state index in [4.69, 9.17) is 0 Å². The molecule has 0 spiro atoms. The van der Waals surface area contributed by atoms with E-state index in [1.54, 1.807) is 24.3 Å². The van der Waals surface area contributed by atoms with Gasteiger partial charge in [-0.2, -0.15) is 0 Å². The Morgan fingerprint density at radius 1 is 1.16 bits per heavy atom. The zero-order valence-electron chi connectivity index (χ0n) is 10.5. The predicted molar refractivity (Wildman–Crippen MR) is 73.6 cm³/mol. The summed E-state index contributed by atoms with van der Waals surface area (Å²) in [5, 5.41) is 2.37. The summed E-state index contributed by atoms with van der Waals surface area (Å²) in [5.41, 5.74) is 1.15. The van der Waals surface area contributed by atoms with Crippen molar-refractivity contribution in [3.8, 4) is 0 Å². The van der Waals surface area contributed by atoms with Gasteiger partial charge in [-0.1, -0.05) is 25.0 Å². The summed E-state index contributed by atoms with van der Waals surface area (Å²) in [4.78, 5) is 11.7. The summed E-state index contributed by atoms with van der Waals surface area (Å²) < 4.78 is 26.6. The third kappa shape index (κ3) is 2.10. The number of nitrogens with zero attached hydrogens (tertiary/aromatic N) is 1. The number of fused-ring (bicyclic) bond motifs is 1. The van der Waals surface area contributed by atoms with Crippen LogP contribution in [0.2, 0.25) is 0 Å². The molecule has 0 saturated heterocycles. The molecule has 1 saturated carbocycles. The van der Waals surface area contributed by atoms with E-state index >= 15 is 0 Å². The SMILES string of the molecule is O=C1CN(S(=O)(=O)C2CCCC2)c2ccccc2N1. The molecule has 2 aliphatic rings. The van der Waals surface area contributed by atoms with Crippen molar-refractivity contribution in [1.82, 2.24) is 0 Å². The van der Waals surface area contributed by atoms with Crippen LogP contribution in [-0.2, 0) is 14.8 Å². The summed E-state index contributed by atoms with van der Waals surface area (Å²) in [6, 6.07) is 7.03. The number of rotatable bonds is 2. The molecule has 6 heteroatoms.